The Kier molecular flexibility index (Phi) is 4.35. The maximum atomic E-state index is 13.1. The van der Waals surface area contributed by atoms with Crippen molar-refractivity contribution in [1.82, 2.24) is 4.90 Å². The van der Waals surface area contributed by atoms with Gasteiger partial charge in [-0.25, -0.2) is 0 Å². The third-order valence-corrected chi connectivity index (χ3v) is 4.84. The summed E-state index contributed by atoms with van der Waals surface area (Å²) in [6.45, 7) is 4.03. The fourth-order valence-electron chi connectivity index (χ4n) is 3.19. The standard InChI is InChI=1S/C21H23NO3/c1-15-5-2-3-6-17(15)14-22(18-8-9-18)21(23)16-7-10-19-20(13-16)25-12-4-11-24-19/h2-3,5-7,10,13,18H,4,8-9,11-12,14H2,1H3. The first-order chi connectivity index (χ1) is 12.2. The number of carbonyl (C=O) groups excluding carboxylic acids is 1. The fraction of sp³-hybridized carbons (Fsp3) is 0.381. The molecule has 130 valence electrons. The molecule has 1 heterocycles. The van der Waals surface area contributed by atoms with Crippen LogP contribution in [-0.4, -0.2) is 30.1 Å². The van der Waals surface area contributed by atoms with Crippen LogP contribution in [0.2, 0.25) is 0 Å². The van der Waals surface area contributed by atoms with E-state index in [1.165, 1.54) is 11.1 Å². The fourth-order valence-corrected chi connectivity index (χ4v) is 3.19. The van der Waals surface area contributed by atoms with Gasteiger partial charge in [0.25, 0.3) is 5.91 Å². The predicted octanol–water partition coefficient (Wildman–Crippen LogP) is 3.96. The van der Waals surface area contributed by atoms with Crippen molar-refractivity contribution in [2.24, 2.45) is 0 Å². The van der Waals surface area contributed by atoms with Crippen LogP contribution in [0.5, 0.6) is 11.5 Å². The van der Waals surface area contributed by atoms with Crippen LogP contribution in [0.15, 0.2) is 42.5 Å². The zero-order valence-corrected chi connectivity index (χ0v) is 14.5. The summed E-state index contributed by atoms with van der Waals surface area (Å²) in [6.07, 6.45) is 3.03. The lowest BCUT2D eigenvalue weighted by molar-refractivity contribution is 0.0729. The molecule has 1 fully saturated rings. The molecule has 0 unspecified atom stereocenters. The molecule has 4 nitrogen and oxygen atoms in total. The number of aryl methyl sites for hydroxylation is 1. The minimum Gasteiger partial charge on any atom is -0.490 e. The molecular formula is C21H23NO3. The average Bonchev–Trinajstić information content (AvgIpc) is 3.47. The van der Waals surface area contributed by atoms with E-state index in [1.807, 2.05) is 35.2 Å². The van der Waals surface area contributed by atoms with Crippen molar-refractivity contribution in [1.29, 1.82) is 0 Å². The molecule has 1 aliphatic carbocycles. The van der Waals surface area contributed by atoms with E-state index in [-0.39, 0.29) is 5.91 Å². The summed E-state index contributed by atoms with van der Waals surface area (Å²) < 4.78 is 11.4. The third-order valence-electron chi connectivity index (χ3n) is 4.84. The molecule has 2 aromatic carbocycles. The highest BCUT2D eigenvalue weighted by molar-refractivity contribution is 5.95. The molecule has 0 aromatic heterocycles. The van der Waals surface area contributed by atoms with E-state index in [1.54, 1.807) is 0 Å². The maximum Gasteiger partial charge on any atom is 0.254 e. The second-order valence-electron chi connectivity index (χ2n) is 6.80. The number of amides is 1. The van der Waals surface area contributed by atoms with Crippen molar-refractivity contribution in [3.8, 4) is 11.5 Å². The summed E-state index contributed by atoms with van der Waals surface area (Å²) in [6, 6.07) is 14.1. The van der Waals surface area contributed by atoms with Gasteiger partial charge in [-0.15, -0.1) is 0 Å². The molecule has 4 heteroatoms. The minimum atomic E-state index is 0.0707. The molecule has 0 bridgehead atoms. The largest absolute Gasteiger partial charge is 0.490 e. The van der Waals surface area contributed by atoms with Crippen LogP contribution in [0.25, 0.3) is 0 Å². The van der Waals surface area contributed by atoms with Gasteiger partial charge >= 0.3 is 0 Å². The highest BCUT2D eigenvalue weighted by atomic mass is 16.5. The van der Waals surface area contributed by atoms with Crippen molar-refractivity contribution in [3.05, 3.63) is 59.2 Å². The lowest BCUT2D eigenvalue weighted by Gasteiger charge is -2.24. The maximum absolute atomic E-state index is 13.1. The second kappa shape index (κ2) is 6.79. The van der Waals surface area contributed by atoms with E-state index in [4.69, 9.17) is 9.47 Å². The summed E-state index contributed by atoms with van der Waals surface area (Å²) in [5.74, 6) is 1.47. The van der Waals surface area contributed by atoms with Gasteiger partial charge in [0.05, 0.1) is 13.2 Å². The normalized spacial score (nSPS) is 16.2. The SMILES string of the molecule is Cc1ccccc1CN(C(=O)c1ccc2c(c1)OCCCO2)C1CC1. The van der Waals surface area contributed by atoms with Gasteiger partial charge in [-0.05, 0) is 49.1 Å². The molecule has 0 spiro atoms. The molecule has 0 radical (unpaired) electrons. The number of fused-ring (bicyclic) bond motifs is 1. The van der Waals surface area contributed by atoms with Gasteiger partial charge in [0.1, 0.15) is 0 Å². The van der Waals surface area contributed by atoms with Crippen molar-refractivity contribution >= 4 is 5.91 Å². The quantitative estimate of drug-likeness (QED) is 0.848. The Labute approximate surface area is 148 Å². The molecule has 2 aromatic rings. The van der Waals surface area contributed by atoms with E-state index >= 15 is 0 Å². The number of hydrogen-bond acceptors (Lipinski definition) is 3. The molecule has 1 saturated carbocycles. The van der Waals surface area contributed by atoms with Gasteiger partial charge < -0.3 is 14.4 Å². The van der Waals surface area contributed by atoms with E-state index in [2.05, 4.69) is 19.1 Å². The molecule has 1 aliphatic heterocycles. The van der Waals surface area contributed by atoms with Gasteiger partial charge in [0.2, 0.25) is 0 Å². The van der Waals surface area contributed by atoms with Crippen LogP contribution < -0.4 is 9.47 Å². The predicted molar refractivity (Wildman–Crippen MR) is 96.1 cm³/mol. The lowest BCUT2D eigenvalue weighted by atomic mass is 10.1. The van der Waals surface area contributed by atoms with Crippen LogP contribution in [0.4, 0.5) is 0 Å². The first kappa shape index (κ1) is 16.0. The number of benzene rings is 2. The van der Waals surface area contributed by atoms with Crippen LogP contribution in [-0.2, 0) is 6.54 Å². The number of hydrogen-bond donors (Lipinski definition) is 0. The first-order valence-corrected chi connectivity index (χ1v) is 8.97. The van der Waals surface area contributed by atoms with Gasteiger partial charge in [-0.3, -0.25) is 4.79 Å². The zero-order valence-electron chi connectivity index (χ0n) is 14.5. The first-order valence-electron chi connectivity index (χ1n) is 8.97. The van der Waals surface area contributed by atoms with Gasteiger partial charge in [-0.2, -0.15) is 0 Å². The average molecular weight is 337 g/mol. The van der Waals surface area contributed by atoms with Crippen LogP contribution in [0.3, 0.4) is 0 Å². The Morgan fingerprint density at radius 3 is 2.60 bits per heavy atom. The number of ether oxygens (including phenoxy) is 2. The topological polar surface area (TPSA) is 38.8 Å². The van der Waals surface area contributed by atoms with E-state index in [0.717, 1.165) is 25.0 Å². The Balaban J connectivity index is 1.59. The summed E-state index contributed by atoms with van der Waals surface area (Å²) in [4.78, 5) is 15.1. The number of carbonyl (C=O) groups is 1. The summed E-state index contributed by atoms with van der Waals surface area (Å²) in [5, 5.41) is 0. The van der Waals surface area contributed by atoms with Crippen molar-refractivity contribution in [2.45, 2.75) is 38.8 Å². The summed E-state index contributed by atoms with van der Waals surface area (Å²) in [5.41, 5.74) is 3.10. The van der Waals surface area contributed by atoms with E-state index in [9.17, 15) is 4.79 Å². The minimum absolute atomic E-state index is 0.0707. The molecule has 1 amide bonds. The molecule has 0 atom stereocenters. The summed E-state index contributed by atoms with van der Waals surface area (Å²) >= 11 is 0. The summed E-state index contributed by atoms with van der Waals surface area (Å²) in [7, 11) is 0. The van der Waals surface area contributed by atoms with E-state index in [0.29, 0.717) is 37.1 Å². The lowest BCUT2D eigenvalue weighted by Crippen LogP contribution is -2.32. The van der Waals surface area contributed by atoms with Crippen LogP contribution in [0, 0.1) is 6.92 Å². The van der Waals surface area contributed by atoms with Crippen molar-refractivity contribution < 1.29 is 14.3 Å². The Morgan fingerprint density at radius 1 is 1.08 bits per heavy atom. The van der Waals surface area contributed by atoms with Crippen LogP contribution >= 0.6 is 0 Å². The Bertz CT molecular complexity index is 782. The van der Waals surface area contributed by atoms with Gasteiger partial charge in [-0.1, -0.05) is 24.3 Å². The number of rotatable bonds is 4. The van der Waals surface area contributed by atoms with E-state index < -0.39 is 0 Å². The van der Waals surface area contributed by atoms with Crippen molar-refractivity contribution in [2.75, 3.05) is 13.2 Å². The van der Waals surface area contributed by atoms with Gasteiger partial charge in [0, 0.05) is 24.6 Å². The zero-order chi connectivity index (χ0) is 17.2. The highest BCUT2D eigenvalue weighted by Gasteiger charge is 2.33. The molecular weight excluding hydrogens is 314 g/mol. The molecule has 0 N–H and O–H groups in total. The van der Waals surface area contributed by atoms with Crippen molar-refractivity contribution in [3.63, 3.8) is 0 Å². The van der Waals surface area contributed by atoms with Gasteiger partial charge in [0.15, 0.2) is 11.5 Å². The number of nitrogens with zero attached hydrogens (tertiary/aromatic N) is 1. The molecule has 25 heavy (non-hydrogen) atoms. The molecule has 4 rings (SSSR count). The second-order valence-corrected chi connectivity index (χ2v) is 6.80. The monoisotopic (exact) mass is 337 g/mol. The smallest absolute Gasteiger partial charge is 0.254 e. The third kappa shape index (κ3) is 3.48. The molecule has 0 saturated heterocycles. The Hall–Kier alpha value is -2.49. The molecule has 2 aliphatic rings. The Morgan fingerprint density at radius 2 is 1.84 bits per heavy atom. The highest BCUT2D eigenvalue weighted by Crippen LogP contribution is 2.34. The van der Waals surface area contributed by atoms with Crippen LogP contribution in [0.1, 0.15) is 40.7 Å².